The van der Waals surface area contributed by atoms with Crippen LogP contribution < -0.4 is 11.1 Å². The number of benzene rings is 1. The molecule has 1 aliphatic heterocycles. The summed E-state index contributed by atoms with van der Waals surface area (Å²) in [5, 5.41) is 3.46. The quantitative estimate of drug-likeness (QED) is 0.902. The summed E-state index contributed by atoms with van der Waals surface area (Å²) in [6.45, 7) is 1.37. The summed E-state index contributed by atoms with van der Waals surface area (Å²) in [5.74, 6) is -0.254. The van der Waals surface area contributed by atoms with E-state index < -0.39 is 0 Å². The molecule has 0 unspecified atom stereocenters. The Morgan fingerprint density at radius 3 is 2.95 bits per heavy atom. The Labute approximate surface area is 118 Å². The van der Waals surface area contributed by atoms with Gasteiger partial charge in [0, 0.05) is 30.5 Å². The Bertz CT molecular complexity index is 606. The van der Waals surface area contributed by atoms with Gasteiger partial charge in [0.05, 0.1) is 0 Å². The van der Waals surface area contributed by atoms with E-state index in [1.165, 1.54) is 24.1 Å². The standard InChI is InChI=1S/C16H18FN3/c17-14-3-4-15(11(7-14)8-18)12-6-13(10-19-9-12)16-2-1-5-20-16/h3-4,6-7,9-10,16,20H,1-2,5,8,18H2/t16-/m0/s1. The number of nitrogens with one attached hydrogen (secondary N) is 1. The van der Waals surface area contributed by atoms with E-state index in [-0.39, 0.29) is 5.82 Å². The van der Waals surface area contributed by atoms with Crippen LogP contribution in [-0.2, 0) is 6.54 Å². The lowest BCUT2D eigenvalue weighted by molar-refractivity contribution is 0.625. The molecule has 1 atom stereocenters. The van der Waals surface area contributed by atoms with Crippen LogP contribution >= 0.6 is 0 Å². The molecule has 0 bridgehead atoms. The Morgan fingerprint density at radius 1 is 1.30 bits per heavy atom. The predicted octanol–water partition coefficient (Wildman–Crippen LogP) is 2.77. The third-order valence-corrected chi connectivity index (χ3v) is 3.82. The molecule has 0 aliphatic carbocycles. The van der Waals surface area contributed by atoms with Crippen molar-refractivity contribution in [1.29, 1.82) is 0 Å². The predicted molar refractivity (Wildman–Crippen MR) is 77.5 cm³/mol. The van der Waals surface area contributed by atoms with E-state index in [2.05, 4.69) is 16.4 Å². The number of hydrogen-bond donors (Lipinski definition) is 2. The highest BCUT2D eigenvalue weighted by molar-refractivity contribution is 5.67. The lowest BCUT2D eigenvalue weighted by atomic mass is 9.98. The Morgan fingerprint density at radius 2 is 2.20 bits per heavy atom. The summed E-state index contributed by atoms with van der Waals surface area (Å²) in [4.78, 5) is 4.33. The normalized spacial score (nSPS) is 18.4. The first-order valence-corrected chi connectivity index (χ1v) is 6.95. The van der Waals surface area contributed by atoms with Crippen molar-refractivity contribution in [3.05, 3.63) is 53.6 Å². The van der Waals surface area contributed by atoms with E-state index in [9.17, 15) is 4.39 Å². The maximum atomic E-state index is 13.3. The monoisotopic (exact) mass is 271 g/mol. The van der Waals surface area contributed by atoms with Crippen LogP contribution in [0.2, 0.25) is 0 Å². The molecule has 104 valence electrons. The van der Waals surface area contributed by atoms with Crippen LogP contribution in [0.25, 0.3) is 11.1 Å². The maximum absolute atomic E-state index is 13.3. The molecule has 0 amide bonds. The van der Waals surface area contributed by atoms with Gasteiger partial charge in [-0.15, -0.1) is 0 Å². The lowest BCUT2D eigenvalue weighted by Gasteiger charge is -2.13. The number of aromatic nitrogens is 1. The number of nitrogens with two attached hydrogens (primary N) is 1. The first-order chi connectivity index (χ1) is 9.78. The summed E-state index contributed by atoms with van der Waals surface area (Å²) in [5.41, 5.74) is 9.67. The number of halogens is 1. The first kappa shape index (κ1) is 13.2. The zero-order valence-electron chi connectivity index (χ0n) is 11.3. The van der Waals surface area contributed by atoms with Crippen LogP contribution in [0.15, 0.2) is 36.7 Å². The molecule has 3 rings (SSSR count). The minimum Gasteiger partial charge on any atom is -0.326 e. The van der Waals surface area contributed by atoms with Gasteiger partial charge in [0.2, 0.25) is 0 Å². The fourth-order valence-electron chi connectivity index (χ4n) is 2.78. The average molecular weight is 271 g/mol. The molecular formula is C16H18FN3. The van der Waals surface area contributed by atoms with Crippen LogP contribution in [0.1, 0.15) is 30.0 Å². The van der Waals surface area contributed by atoms with Crippen LogP contribution in [0.4, 0.5) is 4.39 Å². The van der Waals surface area contributed by atoms with Gasteiger partial charge in [0.1, 0.15) is 5.82 Å². The Balaban J connectivity index is 1.99. The highest BCUT2D eigenvalue weighted by Gasteiger charge is 2.17. The van der Waals surface area contributed by atoms with Gasteiger partial charge in [0.15, 0.2) is 0 Å². The van der Waals surface area contributed by atoms with E-state index in [1.807, 2.05) is 12.4 Å². The fraction of sp³-hybridized carbons (Fsp3) is 0.312. The van der Waals surface area contributed by atoms with E-state index in [1.54, 1.807) is 6.07 Å². The summed E-state index contributed by atoms with van der Waals surface area (Å²) in [7, 11) is 0. The first-order valence-electron chi connectivity index (χ1n) is 6.95. The molecule has 1 fully saturated rings. The van der Waals surface area contributed by atoms with Crippen molar-refractivity contribution < 1.29 is 4.39 Å². The van der Waals surface area contributed by atoms with Crippen LogP contribution in [0.5, 0.6) is 0 Å². The zero-order chi connectivity index (χ0) is 13.9. The van der Waals surface area contributed by atoms with Gasteiger partial charge in [-0.25, -0.2) is 4.39 Å². The molecule has 1 aromatic heterocycles. The molecule has 1 aromatic carbocycles. The molecule has 1 saturated heterocycles. The molecule has 0 saturated carbocycles. The van der Waals surface area contributed by atoms with Crippen molar-refractivity contribution >= 4 is 0 Å². The van der Waals surface area contributed by atoms with Gasteiger partial charge in [0.25, 0.3) is 0 Å². The van der Waals surface area contributed by atoms with Gasteiger partial charge in [-0.1, -0.05) is 6.07 Å². The summed E-state index contributed by atoms with van der Waals surface area (Å²) < 4.78 is 13.3. The average Bonchev–Trinajstić information content (AvgIpc) is 3.01. The molecule has 2 heterocycles. The molecule has 2 aromatic rings. The number of nitrogens with zero attached hydrogens (tertiary/aromatic N) is 1. The summed E-state index contributed by atoms with van der Waals surface area (Å²) >= 11 is 0. The van der Waals surface area contributed by atoms with Crippen molar-refractivity contribution in [2.24, 2.45) is 5.73 Å². The largest absolute Gasteiger partial charge is 0.326 e. The molecule has 0 radical (unpaired) electrons. The number of hydrogen-bond acceptors (Lipinski definition) is 3. The van der Waals surface area contributed by atoms with E-state index in [0.29, 0.717) is 12.6 Å². The molecule has 20 heavy (non-hydrogen) atoms. The minimum atomic E-state index is -0.254. The molecule has 4 heteroatoms. The Hall–Kier alpha value is -1.78. The third kappa shape index (κ3) is 2.57. The highest BCUT2D eigenvalue weighted by atomic mass is 19.1. The molecule has 3 nitrogen and oxygen atoms in total. The summed E-state index contributed by atoms with van der Waals surface area (Å²) in [6, 6.07) is 7.25. The van der Waals surface area contributed by atoms with Gasteiger partial charge < -0.3 is 11.1 Å². The molecule has 0 spiro atoms. The third-order valence-electron chi connectivity index (χ3n) is 3.82. The SMILES string of the molecule is NCc1cc(F)ccc1-c1cncc([C@@H]2CCCN2)c1. The second kappa shape index (κ2) is 5.69. The van der Waals surface area contributed by atoms with Crippen LogP contribution in [-0.4, -0.2) is 11.5 Å². The van der Waals surface area contributed by atoms with Gasteiger partial charge in [-0.2, -0.15) is 0 Å². The smallest absolute Gasteiger partial charge is 0.123 e. The van der Waals surface area contributed by atoms with Crippen molar-refractivity contribution in [3.63, 3.8) is 0 Å². The van der Waals surface area contributed by atoms with Gasteiger partial charge in [-0.3, -0.25) is 4.98 Å². The molecular weight excluding hydrogens is 253 g/mol. The Kier molecular flexibility index (Phi) is 3.76. The van der Waals surface area contributed by atoms with Crippen molar-refractivity contribution in [2.45, 2.75) is 25.4 Å². The van der Waals surface area contributed by atoms with Gasteiger partial charge >= 0.3 is 0 Å². The van der Waals surface area contributed by atoms with Crippen molar-refractivity contribution in [3.8, 4) is 11.1 Å². The van der Waals surface area contributed by atoms with Gasteiger partial charge in [-0.05, 0) is 54.3 Å². The van der Waals surface area contributed by atoms with E-state index in [4.69, 9.17) is 5.73 Å². The van der Waals surface area contributed by atoms with Crippen molar-refractivity contribution in [2.75, 3.05) is 6.54 Å². The molecule has 1 aliphatic rings. The number of rotatable bonds is 3. The zero-order valence-corrected chi connectivity index (χ0v) is 11.3. The van der Waals surface area contributed by atoms with Crippen molar-refractivity contribution in [1.82, 2.24) is 10.3 Å². The second-order valence-electron chi connectivity index (χ2n) is 5.16. The molecule has 3 N–H and O–H groups in total. The van der Waals surface area contributed by atoms with E-state index >= 15 is 0 Å². The second-order valence-corrected chi connectivity index (χ2v) is 5.16. The highest BCUT2D eigenvalue weighted by Crippen LogP contribution is 2.28. The van der Waals surface area contributed by atoms with Crippen LogP contribution in [0.3, 0.4) is 0 Å². The van der Waals surface area contributed by atoms with Crippen LogP contribution in [0, 0.1) is 5.82 Å². The summed E-state index contributed by atoms with van der Waals surface area (Å²) in [6.07, 6.45) is 6.04. The fourth-order valence-corrected chi connectivity index (χ4v) is 2.78. The minimum absolute atomic E-state index is 0.254. The van der Waals surface area contributed by atoms with E-state index in [0.717, 1.165) is 29.7 Å². The number of pyridine rings is 1. The maximum Gasteiger partial charge on any atom is 0.123 e. The topological polar surface area (TPSA) is 50.9 Å². The lowest BCUT2D eigenvalue weighted by Crippen LogP contribution is -2.13.